The number of rotatable bonds is 3. The maximum atomic E-state index is 9.44. The van der Waals surface area contributed by atoms with Crippen molar-refractivity contribution in [1.29, 1.82) is 0 Å². The quantitative estimate of drug-likeness (QED) is 0.732. The van der Waals surface area contributed by atoms with E-state index in [0.717, 1.165) is 5.39 Å². The number of ether oxygens (including phenoxy) is 1. The second-order valence-electron chi connectivity index (χ2n) is 4.64. The molecule has 0 aliphatic heterocycles. The summed E-state index contributed by atoms with van der Waals surface area (Å²) in [6, 6.07) is 5.57. The molecule has 3 aromatic rings. The van der Waals surface area contributed by atoms with Gasteiger partial charge in [0.25, 0.3) is 0 Å². The van der Waals surface area contributed by atoms with Crippen molar-refractivity contribution in [2.45, 2.75) is 19.4 Å². The van der Waals surface area contributed by atoms with Crippen LogP contribution in [-0.4, -0.2) is 37.9 Å². The van der Waals surface area contributed by atoms with Crippen LogP contribution in [0.2, 0.25) is 0 Å². The molecule has 0 fully saturated rings. The van der Waals surface area contributed by atoms with E-state index < -0.39 is 6.10 Å². The molecule has 0 aliphatic rings. The van der Waals surface area contributed by atoms with Gasteiger partial charge in [-0.1, -0.05) is 6.07 Å². The SMILES string of the molecule is COc1cccc2c1nc(N)n1nc(CC(C)O)nc21. The molecule has 0 aliphatic carbocycles. The Morgan fingerprint density at radius 1 is 1.40 bits per heavy atom. The first-order chi connectivity index (χ1) is 9.60. The maximum absolute atomic E-state index is 9.44. The first kappa shape index (κ1) is 12.6. The largest absolute Gasteiger partial charge is 0.494 e. The summed E-state index contributed by atoms with van der Waals surface area (Å²) >= 11 is 0. The Labute approximate surface area is 115 Å². The van der Waals surface area contributed by atoms with Crippen LogP contribution in [0.3, 0.4) is 0 Å². The minimum absolute atomic E-state index is 0.237. The summed E-state index contributed by atoms with van der Waals surface area (Å²) in [5.74, 6) is 1.40. The molecule has 2 heterocycles. The van der Waals surface area contributed by atoms with E-state index in [1.54, 1.807) is 14.0 Å². The Morgan fingerprint density at radius 3 is 2.90 bits per heavy atom. The Hall–Kier alpha value is -2.41. The summed E-state index contributed by atoms with van der Waals surface area (Å²) in [7, 11) is 1.58. The zero-order valence-corrected chi connectivity index (χ0v) is 11.2. The first-order valence-corrected chi connectivity index (χ1v) is 6.26. The number of nitrogens with two attached hydrogens (primary N) is 1. The van der Waals surface area contributed by atoms with Gasteiger partial charge >= 0.3 is 0 Å². The van der Waals surface area contributed by atoms with Crippen molar-refractivity contribution in [2.24, 2.45) is 0 Å². The van der Waals surface area contributed by atoms with E-state index >= 15 is 0 Å². The van der Waals surface area contributed by atoms with Gasteiger partial charge in [-0.05, 0) is 19.1 Å². The number of benzene rings is 1. The van der Waals surface area contributed by atoms with E-state index in [4.69, 9.17) is 10.5 Å². The third-order valence-electron chi connectivity index (χ3n) is 3.03. The van der Waals surface area contributed by atoms with Crippen LogP contribution < -0.4 is 10.5 Å². The van der Waals surface area contributed by atoms with Crippen molar-refractivity contribution >= 4 is 22.5 Å². The molecule has 0 amide bonds. The highest BCUT2D eigenvalue weighted by Gasteiger charge is 2.14. The van der Waals surface area contributed by atoms with Crippen LogP contribution in [-0.2, 0) is 6.42 Å². The lowest BCUT2D eigenvalue weighted by Gasteiger charge is -2.06. The monoisotopic (exact) mass is 273 g/mol. The van der Waals surface area contributed by atoms with E-state index in [-0.39, 0.29) is 5.95 Å². The molecule has 2 aromatic heterocycles. The second kappa shape index (κ2) is 4.61. The van der Waals surface area contributed by atoms with Gasteiger partial charge in [-0.2, -0.15) is 4.52 Å². The maximum Gasteiger partial charge on any atom is 0.223 e. The smallest absolute Gasteiger partial charge is 0.223 e. The number of methoxy groups -OCH3 is 1. The highest BCUT2D eigenvalue weighted by Crippen LogP contribution is 2.27. The molecule has 0 radical (unpaired) electrons. The third-order valence-corrected chi connectivity index (χ3v) is 3.03. The average molecular weight is 273 g/mol. The lowest BCUT2D eigenvalue weighted by Crippen LogP contribution is -2.06. The molecule has 7 heteroatoms. The molecule has 0 saturated heterocycles. The van der Waals surface area contributed by atoms with Crippen molar-refractivity contribution in [1.82, 2.24) is 19.6 Å². The number of para-hydroxylation sites is 1. The molecule has 7 nitrogen and oxygen atoms in total. The molecule has 1 aromatic carbocycles. The van der Waals surface area contributed by atoms with Crippen LogP contribution >= 0.6 is 0 Å². The van der Waals surface area contributed by atoms with Gasteiger partial charge in [-0.3, -0.25) is 0 Å². The molecular formula is C13H15N5O2. The zero-order chi connectivity index (χ0) is 14.3. The topological polar surface area (TPSA) is 98.6 Å². The van der Waals surface area contributed by atoms with Gasteiger partial charge in [-0.25, -0.2) is 9.97 Å². The van der Waals surface area contributed by atoms with E-state index in [0.29, 0.717) is 29.2 Å². The fourth-order valence-electron chi connectivity index (χ4n) is 2.18. The summed E-state index contributed by atoms with van der Waals surface area (Å²) in [5, 5.41) is 14.5. The Balaban J connectivity index is 2.32. The van der Waals surface area contributed by atoms with Crippen molar-refractivity contribution in [3.05, 3.63) is 24.0 Å². The van der Waals surface area contributed by atoms with Crippen molar-refractivity contribution < 1.29 is 9.84 Å². The molecule has 3 N–H and O–H groups in total. The minimum atomic E-state index is -0.512. The van der Waals surface area contributed by atoms with Crippen LogP contribution in [0, 0.1) is 0 Å². The van der Waals surface area contributed by atoms with Gasteiger partial charge in [0.2, 0.25) is 5.95 Å². The summed E-state index contributed by atoms with van der Waals surface area (Å²) in [6.45, 7) is 1.69. The number of nitrogens with zero attached hydrogens (tertiary/aromatic N) is 4. The minimum Gasteiger partial charge on any atom is -0.494 e. The number of hydrogen-bond acceptors (Lipinski definition) is 6. The van der Waals surface area contributed by atoms with Crippen LogP contribution in [0.4, 0.5) is 5.95 Å². The van der Waals surface area contributed by atoms with Crippen LogP contribution in [0.25, 0.3) is 16.6 Å². The summed E-state index contributed by atoms with van der Waals surface area (Å²) in [5.41, 5.74) is 7.18. The normalized spacial score (nSPS) is 12.9. The Bertz CT molecular complexity index is 781. The highest BCUT2D eigenvalue weighted by molar-refractivity contribution is 5.95. The number of aromatic nitrogens is 4. The fraction of sp³-hybridized carbons (Fsp3) is 0.308. The number of fused-ring (bicyclic) bond motifs is 3. The highest BCUT2D eigenvalue weighted by atomic mass is 16.5. The third kappa shape index (κ3) is 1.92. The second-order valence-corrected chi connectivity index (χ2v) is 4.64. The number of nitrogen functional groups attached to an aromatic ring is 1. The molecule has 104 valence electrons. The predicted octanol–water partition coefficient (Wildman–Crippen LogP) is 0.792. The molecule has 1 atom stereocenters. The summed E-state index contributed by atoms with van der Waals surface area (Å²) in [6.07, 6.45) is -0.144. The molecular weight excluding hydrogens is 258 g/mol. The van der Waals surface area contributed by atoms with Crippen molar-refractivity contribution in [3.63, 3.8) is 0 Å². The van der Waals surface area contributed by atoms with Gasteiger partial charge in [0.15, 0.2) is 11.5 Å². The lowest BCUT2D eigenvalue weighted by molar-refractivity contribution is 0.193. The number of anilines is 1. The van der Waals surface area contributed by atoms with E-state index in [1.165, 1.54) is 4.52 Å². The number of aliphatic hydroxyl groups excluding tert-OH is 1. The van der Waals surface area contributed by atoms with Gasteiger partial charge in [-0.15, -0.1) is 5.10 Å². The van der Waals surface area contributed by atoms with Crippen LogP contribution in [0.5, 0.6) is 5.75 Å². The van der Waals surface area contributed by atoms with Gasteiger partial charge < -0.3 is 15.6 Å². The van der Waals surface area contributed by atoms with Gasteiger partial charge in [0, 0.05) is 11.8 Å². The van der Waals surface area contributed by atoms with Crippen LogP contribution in [0.15, 0.2) is 18.2 Å². The standard InChI is InChI=1S/C13H15N5O2/c1-7(19)6-10-15-12-8-4-3-5-9(20-2)11(8)16-13(14)18(12)17-10/h3-5,7,19H,6H2,1-2H3,(H2,14,16). The fourth-order valence-corrected chi connectivity index (χ4v) is 2.18. The van der Waals surface area contributed by atoms with Crippen molar-refractivity contribution in [2.75, 3.05) is 12.8 Å². The first-order valence-electron chi connectivity index (χ1n) is 6.26. The Morgan fingerprint density at radius 2 is 2.20 bits per heavy atom. The van der Waals surface area contributed by atoms with Gasteiger partial charge in [0.1, 0.15) is 11.3 Å². The predicted molar refractivity (Wildman–Crippen MR) is 74.6 cm³/mol. The summed E-state index contributed by atoms with van der Waals surface area (Å²) in [4.78, 5) is 8.75. The van der Waals surface area contributed by atoms with E-state index in [1.807, 2.05) is 18.2 Å². The summed E-state index contributed by atoms with van der Waals surface area (Å²) < 4.78 is 6.77. The number of hydrogen-bond donors (Lipinski definition) is 2. The van der Waals surface area contributed by atoms with Gasteiger partial charge in [0.05, 0.1) is 13.2 Å². The molecule has 20 heavy (non-hydrogen) atoms. The molecule has 0 bridgehead atoms. The van der Waals surface area contributed by atoms with E-state index in [2.05, 4.69) is 15.1 Å². The van der Waals surface area contributed by atoms with Crippen molar-refractivity contribution in [3.8, 4) is 5.75 Å². The molecule has 1 unspecified atom stereocenters. The lowest BCUT2D eigenvalue weighted by atomic mass is 10.2. The number of aliphatic hydroxyl groups is 1. The molecule has 0 spiro atoms. The molecule has 0 saturated carbocycles. The van der Waals surface area contributed by atoms with Crippen LogP contribution in [0.1, 0.15) is 12.7 Å². The van der Waals surface area contributed by atoms with E-state index in [9.17, 15) is 5.11 Å². The zero-order valence-electron chi connectivity index (χ0n) is 11.2. The average Bonchev–Trinajstić information content (AvgIpc) is 2.82. The Kier molecular flexibility index (Phi) is 2.90. The molecule has 3 rings (SSSR count).